The molecule has 114 valence electrons. The van der Waals surface area contributed by atoms with E-state index in [9.17, 15) is 19.0 Å². The number of aromatic hydroxyl groups is 2. The van der Waals surface area contributed by atoms with Crippen LogP contribution in [0.1, 0.15) is 25.0 Å². The fourth-order valence-electron chi connectivity index (χ4n) is 1.85. The molecule has 0 spiro atoms. The van der Waals surface area contributed by atoms with Gasteiger partial charge in [-0.3, -0.25) is 0 Å². The quantitative estimate of drug-likeness (QED) is 0.672. The zero-order valence-electron chi connectivity index (χ0n) is 12.0. The van der Waals surface area contributed by atoms with E-state index >= 15 is 0 Å². The molecule has 0 aliphatic carbocycles. The molecular weight excluding hydrogens is 290 g/mol. The van der Waals surface area contributed by atoms with Crippen LogP contribution >= 0.6 is 0 Å². The highest BCUT2D eigenvalue weighted by molar-refractivity contribution is 6.03. The Kier molecular flexibility index (Phi) is 4.50. The summed E-state index contributed by atoms with van der Waals surface area (Å²) in [5.41, 5.74) is 0.986. The molecule has 0 amide bonds. The van der Waals surface area contributed by atoms with Crippen LogP contribution in [-0.4, -0.2) is 21.6 Å². The second kappa shape index (κ2) is 6.34. The highest BCUT2D eigenvalue weighted by Crippen LogP contribution is 2.20. The van der Waals surface area contributed by atoms with Gasteiger partial charge in [0.15, 0.2) is 0 Å². The van der Waals surface area contributed by atoms with Gasteiger partial charge in [0.2, 0.25) is 0 Å². The van der Waals surface area contributed by atoms with E-state index < -0.39 is 11.6 Å². The smallest absolute Gasteiger partial charge is 0.124 e. The zero-order chi connectivity index (χ0) is 16.3. The van der Waals surface area contributed by atoms with Gasteiger partial charge >= 0.3 is 0 Å². The SMILES string of the molecule is C/C(=N/N=C(/C)c1cc(F)ccc1O)c1cc(F)ccc1O. The fourth-order valence-corrected chi connectivity index (χ4v) is 1.85. The Morgan fingerprint density at radius 3 is 1.50 bits per heavy atom. The largest absolute Gasteiger partial charge is 0.507 e. The summed E-state index contributed by atoms with van der Waals surface area (Å²) in [6.07, 6.45) is 0. The molecule has 0 bridgehead atoms. The predicted octanol–water partition coefficient (Wildman–Crippen LogP) is 3.61. The van der Waals surface area contributed by atoms with Gasteiger partial charge in [-0.2, -0.15) is 10.2 Å². The van der Waals surface area contributed by atoms with Gasteiger partial charge in [-0.1, -0.05) is 0 Å². The van der Waals surface area contributed by atoms with Crippen molar-refractivity contribution < 1.29 is 19.0 Å². The first kappa shape index (κ1) is 15.6. The second-order valence-corrected chi connectivity index (χ2v) is 4.69. The average molecular weight is 304 g/mol. The summed E-state index contributed by atoms with van der Waals surface area (Å²) in [7, 11) is 0. The highest BCUT2D eigenvalue weighted by Gasteiger charge is 2.08. The van der Waals surface area contributed by atoms with Gasteiger partial charge in [-0.05, 0) is 50.2 Å². The van der Waals surface area contributed by atoms with Gasteiger partial charge in [0.1, 0.15) is 23.1 Å². The van der Waals surface area contributed by atoms with Crippen LogP contribution in [0.2, 0.25) is 0 Å². The number of phenolic OH excluding ortho intramolecular Hbond substituents is 2. The third-order valence-electron chi connectivity index (χ3n) is 3.05. The summed E-state index contributed by atoms with van der Waals surface area (Å²) in [6, 6.07) is 6.98. The van der Waals surface area contributed by atoms with Gasteiger partial charge < -0.3 is 10.2 Å². The van der Waals surface area contributed by atoms with E-state index in [0.717, 1.165) is 24.3 Å². The Morgan fingerprint density at radius 1 is 0.773 bits per heavy atom. The lowest BCUT2D eigenvalue weighted by Crippen LogP contribution is -1.99. The molecule has 0 saturated carbocycles. The molecule has 2 aromatic rings. The lowest BCUT2D eigenvalue weighted by atomic mass is 10.1. The molecule has 0 atom stereocenters. The molecule has 6 heteroatoms. The monoisotopic (exact) mass is 304 g/mol. The van der Waals surface area contributed by atoms with Crippen LogP contribution in [0, 0.1) is 11.6 Å². The molecule has 0 aromatic heterocycles. The molecule has 22 heavy (non-hydrogen) atoms. The Hall–Kier alpha value is -2.76. The normalized spacial score (nSPS) is 12.5. The molecule has 4 nitrogen and oxygen atoms in total. The zero-order valence-corrected chi connectivity index (χ0v) is 12.0. The molecular formula is C16H14F2N2O2. The number of benzene rings is 2. The average Bonchev–Trinajstić information content (AvgIpc) is 2.49. The number of hydrogen-bond acceptors (Lipinski definition) is 4. The van der Waals surface area contributed by atoms with Crippen LogP contribution < -0.4 is 0 Å². The summed E-state index contributed by atoms with van der Waals surface area (Å²) in [4.78, 5) is 0. The topological polar surface area (TPSA) is 65.2 Å². The summed E-state index contributed by atoms with van der Waals surface area (Å²) >= 11 is 0. The standard InChI is InChI=1S/C16H14F2N2O2/c1-9(13-7-11(17)3-5-15(13)21)19-20-10(2)14-8-12(18)4-6-16(14)22/h3-8,21-22H,1-2H3/b19-9-,20-10-. The lowest BCUT2D eigenvalue weighted by molar-refractivity contribution is 0.471. The van der Waals surface area contributed by atoms with Crippen molar-refractivity contribution >= 4 is 11.4 Å². The number of rotatable bonds is 3. The third-order valence-corrected chi connectivity index (χ3v) is 3.05. The molecule has 2 N–H and O–H groups in total. The van der Waals surface area contributed by atoms with Crippen molar-refractivity contribution in [3.63, 3.8) is 0 Å². The van der Waals surface area contributed by atoms with Crippen molar-refractivity contribution in [3.8, 4) is 11.5 Å². The van der Waals surface area contributed by atoms with Gasteiger partial charge in [-0.15, -0.1) is 0 Å². The fraction of sp³-hybridized carbons (Fsp3) is 0.125. The molecule has 0 fully saturated rings. The second-order valence-electron chi connectivity index (χ2n) is 4.69. The van der Waals surface area contributed by atoms with E-state index in [1.165, 1.54) is 12.1 Å². The van der Waals surface area contributed by atoms with Crippen LogP contribution in [-0.2, 0) is 0 Å². The number of halogens is 2. The van der Waals surface area contributed by atoms with E-state index in [0.29, 0.717) is 0 Å². The van der Waals surface area contributed by atoms with Gasteiger partial charge in [0.25, 0.3) is 0 Å². The Labute approximate surface area is 126 Å². The minimum atomic E-state index is -0.508. The first-order chi connectivity index (χ1) is 10.4. The number of hydrogen-bond donors (Lipinski definition) is 2. The predicted molar refractivity (Wildman–Crippen MR) is 80.6 cm³/mol. The van der Waals surface area contributed by atoms with E-state index in [4.69, 9.17) is 0 Å². The highest BCUT2D eigenvalue weighted by atomic mass is 19.1. The van der Waals surface area contributed by atoms with E-state index in [2.05, 4.69) is 10.2 Å². The molecule has 0 unspecified atom stereocenters. The molecule has 0 saturated heterocycles. The van der Waals surface area contributed by atoms with Crippen LogP contribution in [0.5, 0.6) is 11.5 Å². The van der Waals surface area contributed by atoms with Crippen LogP contribution in [0.4, 0.5) is 8.78 Å². The van der Waals surface area contributed by atoms with Crippen LogP contribution in [0.15, 0.2) is 46.6 Å². The van der Waals surface area contributed by atoms with Crippen molar-refractivity contribution in [2.24, 2.45) is 10.2 Å². The van der Waals surface area contributed by atoms with E-state index in [1.54, 1.807) is 13.8 Å². The van der Waals surface area contributed by atoms with Crippen molar-refractivity contribution in [2.75, 3.05) is 0 Å². The van der Waals surface area contributed by atoms with Crippen LogP contribution in [0.25, 0.3) is 0 Å². The van der Waals surface area contributed by atoms with Crippen molar-refractivity contribution in [2.45, 2.75) is 13.8 Å². The summed E-state index contributed by atoms with van der Waals surface area (Å²) in [5, 5.41) is 27.1. The van der Waals surface area contributed by atoms with Crippen molar-refractivity contribution in [3.05, 3.63) is 59.2 Å². The maximum Gasteiger partial charge on any atom is 0.124 e. The number of phenols is 2. The molecule has 2 aromatic carbocycles. The molecule has 0 aliphatic heterocycles. The van der Waals surface area contributed by atoms with Crippen LogP contribution in [0.3, 0.4) is 0 Å². The summed E-state index contributed by atoms with van der Waals surface area (Å²) in [6.45, 7) is 3.10. The molecule has 0 radical (unpaired) electrons. The maximum atomic E-state index is 13.2. The van der Waals surface area contributed by atoms with Gasteiger partial charge in [0.05, 0.1) is 11.4 Å². The lowest BCUT2D eigenvalue weighted by Gasteiger charge is -2.04. The Morgan fingerprint density at radius 2 is 1.14 bits per heavy atom. The summed E-state index contributed by atoms with van der Waals surface area (Å²) in [5.74, 6) is -1.26. The third kappa shape index (κ3) is 3.46. The minimum Gasteiger partial charge on any atom is -0.507 e. The minimum absolute atomic E-state index is 0.121. The Balaban J connectivity index is 2.36. The Bertz CT molecular complexity index is 705. The molecule has 0 heterocycles. The molecule has 0 aliphatic rings. The van der Waals surface area contributed by atoms with E-state index in [-0.39, 0.29) is 34.0 Å². The summed E-state index contributed by atoms with van der Waals surface area (Å²) < 4.78 is 26.4. The number of nitrogens with zero attached hydrogens (tertiary/aromatic N) is 2. The van der Waals surface area contributed by atoms with Crippen molar-refractivity contribution in [1.82, 2.24) is 0 Å². The van der Waals surface area contributed by atoms with E-state index in [1.807, 2.05) is 0 Å². The first-order valence-corrected chi connectivity index (χ1v) is 6.45. The van der Waals surface area contributed by atoms with Gasteiger partial charge in [-0.25, -0.2) is 8.78 Å². The first-order valence-electron chi connectivity index (χ1n) is 6.45. The van der Waals surface area contributed by atoms with Gasteiger partial charge in [0, 0.05) is 11.1 Å². The van der Waals surface area contributed by atoms with Crippen molar-refractivity contribution in [1.29, 1.82) is 0 Å². The maximum absolute atomic E-state index is 13.2. The molecule has 2 rings (SSSR count).